The number of ketones is 2. The first-order chi connectivity index (χ1) is 25.7. The first kappa shape index (κ1) is 45.6. The summed E-state index contributed by atoms with van der Waals surface area (Å²) in [5.74, 6) is -0.442. The SMILES string of the molecule is CC1=C(/C=C/C(C)=C/C=C/C(C)=C/C=C/C=C(C)/C=C/C=C(C)/C=C/C2=C(C)C(=O)[C@@H](O)CC2(C)C)C(C)(C)C[C@H](O[C@@H]2O[C@H](CO)[C@@H](O)[C@H](O)[C@H]2O)C1=O. The van der Waals surface area contributed by atoms with E-state index in [2.05, 4.69) is 13.8 Å². The summed E-state index contributed by atoms with van der Waals surface area (Å²) in [7, 11) is 0. The minimum Gasteiger partial charge on any atom is -0.394 e. The molecule has 0 unspecified atom stereocenters. The number of ether oxygens (including phenoxy) is 2. The van der Waals surface area contributed by atoms with Gasteiger partial charge in [0.15, 0.2) is 17.9 Å². The minimum absolute atomic E-state index is 0.190. The number of hydrogen-bond donors (Lipinski definition) is 5. The third kappa shape index (κ3) is 12.3. The van der Waals surface area contributed by atoms with Crippen LogP contribution in [-0.2, 0) is 19.1 Å². The molecule has 0 aromatic carbocycles. The zero-order valence-electron chi connectivity index (χ0n) is 34.1. The van der Waals surface area contributed by atoms with Gasteiger partial charge in [0, 0.05) is 0 Å². The average molecular weight is 759 g/mol. The quantitative estimate of drug-likeness (QED) is 0.129. The maximum Gasteiger partial charge on any atom is 0.187 e. The van der Waals surface area contributed by atoms with Crippen LogP contribution in [0.25, 0.3) is 0 Å². The predicted molar refractivity (Wildman–Crippen MR) is 218 cm³/mol. The second-order valence-electron chi connectivity index (χ2n) is 16.2. The lowest BCUT2D eigenvalue weighted by Gasteiger charge is -2.43. The second-order valence-corrected chi connectivity index (χ2v) is 16.2. The molecular formula is C46H62O9. The minimum atomic E-state index is -1.58. The fraction of sp³-hybridized carbons (Fsp3) is 0.478. The Hall–Kier alpha value is -3.80. The molecule has 3 rings (SSSR count). The van der Waals surface area contributed by atoms with Gasteiger partial charge < -0.3 is 35.0 Å². The van der Waals surface area contributed by atoms with Gasteiger partial charge >= 0.3 is 0 Å². The topological polar surface area (TPSA) is 154 Å². The molecule has 3 aliphatic rings. The molecule has 9 heteroatoms. The van der Waals surface area contributed by atoms with Gasteiger partial charge in [-0.1, -0.05) is 135 Å². The van der Waals surface area contributed by atoms with Gasteiger partial charge in [0.05, 0.1) is 6.61 Å². The summed E-state index contributed by atoms with van der Waals surface area (Å²) in [5.41, 5.74) is 6.49. The Balaban J connectivity index is 1.56. The van der Waals surface area contributed by atoms with Crippen LogP contribution in [-0.4, -0.2) is 86.6 Å². The van der Waals surface area contributed by atoms with Gasteiger partial charge in [-0.3, -0.25) is 9.59 Å². The van der Waals surface area contributed by atoms with Gasteiger partial charge in [-0.25, -0.2) is 0 Å². The van der Waals surface area contributed by atoms with Crippen molar-refractivity contribution in [3.8, 4) is 0 Å². The summed E-state index contributed by atoms with van der Waals surface area (Å²) >= 11 is 0. The van der Waals surface area contributed by atoms with Crippen molar-refractivity contribution in [2.45, 2.75) is 125 Å². The van der Waals surface area contributed by atoms with E-state index in [9.17, 15) is 35.1 Å². The summed E-state index contributed by atoms with van der Waals surface area (Å²) < 4.78 is 11.3. The molecular weight excluding hydrogens is 696 g/mol. The maximum absolute atomic E-state index is 13.3. The molecule has 2 aliphatic carbocycles. The number of rotatable bonds is 13. The van der Waals surface area contributed by atoms with Crippen LogP contribution in [0.1, 0.15) is 82.1 Å². The van der Waals surface area contributed by atoms with Crippen LogP contribution in [0, 0.1) is 10.8 Å². The lowest BCUT2D eigenvalue weighted by atomic mass is 9.71. The van der Waals surface area contributed by atoms with Gasteiger partial charge in [-0.2, -0.15) is 0 Å². The number of hydrogen-bond acceptors (Lipinski definition) is 9. The van der Waals surface area contributed by atoms with E-state index in [-0.39, 0.29) is 17.0 Å². The van der Waals surface area contributed by atoms with Crippen molar-refractivity contribution in [1.29, 1.82) is 0 Å². The molecule has 0 spiro atoms. The van der Waals surface area contributed by atoms with Gasteiger partial charge in [0.2, 0.25) is 0 Å². The van der Waals surface area contributed by atoms with Crippen LogP contribution in [0.5, 0.6) is 0 Å². The van der Waals surface area contributed by atoms with Crippen molar-refractivity contribution in [3.05, 3.63) is 130 Å². The zero-order valence-corrected chi connectivity index (χ0v) is 34.1. The molecule has 1 aliphatic heterocycles. The number of aliphatic hydroxyl groups is 5. The first-order valence-corrected chi connectivity index (χ1v) is 18.9. The van der Waals surface area contributed by atoms with E-state index in [1.165, 1.54) is 0 Å². The second kappa shape index (κ2) is 19.9. The highest BCUT2D eigenvalue weighted by molar-refractivity contribution is 6.01. The number of aliphatic hydroxyl groups excluding tert-OH is 5. The number of allylic oxidation sites excluding steroid dienone is 20. The Bertz CT molecular complexity index is 1770. The van der Waals surface area contributed by atoms with Crippen molar-refractivity contribution in [1.82, 2.24) is 0 Å². The Morgan fingerprint density at radius 1 is 0.655 bits per heavy atom. The molecule has 0 amide bonds. The lowest BCUT2D eigenvalue weighted by Crippen LogP contribution is -2.60. The number of carbonyl (C=O) groups is 2. The summed E-state index contributed by atoms with van der Waals surface area (Å²) in [5, 5.41) is 50.1. The molecule has 9 nitrogen and oxygen atoms in total. The molecule has 0 radical (unpaired) electrons. The summed E-state index contributed by atoms with van der Waals surface area (Å²) in [6.45, 7) is 19.1. The van der Waals surface area contributed by atoms with Crippen LogP contribution in [0.3, 0.4) is 0 Å². The molecule has 1 saturated heterocycles. The monoisotopic (exact) mass is 758 g/mol. The molecule has 0 bridgehead atoms. The maximum atomic E-state index is 13.3. The van der Waals surface area contributed by atoms with E-state index in [0.717, 1.165) is 33.4 Å². The van der Waals surface area contributed by atoms with Crippen molar-refractivity contribution in [2.75, 3.05) is 6.61 Å². The predicted octanol–water partition coefficient (Wildman–Crippen LogP) is 6.73. The van der Waals surface area contributed by atoms with Crippen LogP contribution in [0.15, 0.2) is 130 Å². The fourth-order valence-electron chi connectivity index (χ4n) is 7.05. The Morgan fingerprint density at radius 2 is 1.09 bits per heavy atom. The van der Waals surface area contributed by atoms with E-state index < -0.39 is 54.9 Å². The number of Topliss-reactive ketones (excluding diaryl/α,β-unsaturated/α-hetero) is 2. The smallest absolute Gasteiger partial charge is 0.187 e. The van der Waals surface area contributed by atoms with Gasteiger partial charge in [-0.05, 0) is 87.5 Å². The Morgan fingerprint density at radius 3 is 1.58 bits per heavy atom. The Labute approximate surface area is 327 Å². The molecule has 1 fully saturated rings. The standard InChI is InChI=1S/C46H62O9/c1-28(17-13-19-30(3)21-23-34-32(5)39(49)36(48)25-45(34,7)8)15-11-12-16-29(2)18-14-20-31(4)22-24-35-33(6)40(50)37(26-46(35,9)10)54-44-43(53)42(52)41(51)38(27-47)55-44/h11-24,36-38,41-44,47-48,51-53H,25-27H2,1-10H3/b12-11+,17-13+,18-14+,23-21+,24-22+,28-15+,29-16+,30-19+,31-20+/t36-,37-,38+,41+,42-,43+,44+/m0/s1. The van der Waals surface area contributed by atoms with Crippen LogP contribution in [0.2, 0.25) is 0 Å². The third-order valence-electron chi connectivity index (χ3n) is 10.4. The normalized spacial score (nSPS) is 30.5. The van der Waals surface area contributed by atoms with Crippen molar-refractivity contribution < 1.29 is 44.6 Å². The Kier molecular flexibility index (Phi) is 16.5. The van der Waals surface area contributed by atoms with Gasteiger partial charge in [-0.15, -0.1) is 0 Å². The van der Waals surface area contributed by atoms with Gasteiger partial charge in [0.1, 0.15) is 36.6 Å². The fourth-order valence-corrected chi connectivity index (χ4v) is 7.05. The van der Waals surface area contributed by atoms with Gasteiger partial charge in [0.25, 0.3) is 0 Å². The molecule has 5 N–H and O–H groups in total. The first-order valence-electron chi connectivity index (χ1n) is 18.9. The molecule has 300 valence electrons. The van der Waals surface area contributed by atoms with E-state index in [4.69, 9.17) is 9.47 Å². The van der Waals surface area contributed by atoms with E-state index in [0.29, 0.717) is 24.0 Å². The van der Waals surface area contributed by atoms with Crippen LogP contribution in [0.4, 0.5) is 0 Å². The zero-order chi connectivity index (χ0) is 41.2. The van der Waals surface area contributed by atoms with Crippen LogP contribution < -0.4 is 0 Å². The van der Waals surface area contributed by atoms with Crippen molar-refractivity contribution in [3.63, 3.8) is 0 Å². The average Bonchev–Trinajstić information content (AvgIpc) is 3.10. The molecule has 1 heterocycles. The summed E-state index contributed by atoms with van der Waals surface area (Å²) in [6, 6.07) is 0. The molecule has 0 aromatic rings. The highest BCUT2D eigenvalue weighted by Crippen LogP contribution is 2.42. The van der Waals surface area contributed by atoms with Crippen LogP contribution >= 0.6 is 0 Å². The van der Waals surface area contributed by atoms with E-state index in [1.54, 1.807) is 13.8 Å². The summed E-state index contributed by atoms with van der Waals surface area (Å²) in [6.07, 6.45) is 19.7. The van der Waals surface area contributed by atoms with E-state index >= 15 is 0 Å². The molecule has 0 saturated carbocycles. The summed E-state index contributed by atoms with van der Waals surface area (Å²) in [4.78, 5) is 25.6. The highest BCUT2D eigenvalue weighted by Gasteiger charge is 2.47. The largest absolute Gasteiger partial charge is 0.394 e. The third-order valence-corrected chi connectivity index (χ3v) is 10.4. The van der Waals surface area contributed by atoms with E-state index in [1.807, 2.05) is 127 Å². The van der Waals surface area contributed by atoms with Crippen molar-refractivity contribution in [2.24, 2.45) is 10.8 Å². The highest BCUT2D eigenvalue weighted by atomic mass is 16.7. The lowest BCUT2D eigenvalue weighted by molar-refractivity contribution is -0.309. The molecule has 55 heavy (non-hydrogen) atoms. The molecule has 0 aromatic heterocycles. The number of carbonyl (C=O) groups excluding carboxylic acids is 2. The molecule has 7 atom stereocenters. The van der Waals surface area contributed by atoms with Crippen molar-refractivity contribution >= 4 is 11.6 Å².